The van der Waals surface area contributed by atoms with Crippen LogP contribution in [0.15, 0.2) is 48.5 Å². The van der Waals surface area contributed by atoms with E-state index in [-0.39, 0.29) is 0 Å². The van der Waals surface area contributed by atoms with Crippen molar-refractivity contribution in [1.29, 1.82) is 0 Å². The van der Waals surface area contributed by atoms with E-state index in [0.717, 1.165) is 22.3 Å². The highest BCUT2D eigenvalue weighted by molar-refractivity contribution is 5.78. The lowest BCUT2D eigenvalue weighted by molar-refractivity contribution is 0.839. The molecule has 4 heteroatoms. The molecule has 18 heavy (non-hydrogen) atoms. The molecule has 4 nitrogen and oxygen atoms in total. The Morgan fingerprint density at radius 1 is 1.00 bits per heavy atom. The molecule has 2 aromatic carbocycles. The molecule has 3 aromatic rings. The second-order valence-electron chi connectivity index (χ2n) is 4.29. The molecule has 0 aliphatic rings. The molecule has 0 fully saturated rings. The zero-order valence-electron chi connectivity index (χ0n) is 9.88. The second-order valence-corrected chi connectivity index (χ2v) is 4.29. The van der Waals surface area contributed by atoms with E-state index in [1.807, 2.05) is 53.1 Å². The molecule has 3 rings (SSSR count). The number of anilines is 2. The molecule has 1 heterocycles. The molecule has 0 aliphatic carbocycles. The molecule has 4 N–H and O–H groups in total. The first-order chi connectivity index (χ1) is 8.74. The van der Waals surface area contributed by atoms with E-state index in [1.165, 1.54) is 0 Å². The normalized spacial score (nSPS) is 10.9. The Balaban J connectivity index is 2.07. The molecule has 0 saturated heterocycles. The molecule has 0 bridgehead atoms. The number of para-hydroxylation sites is 2. The van der Waals surface area contributed by atoms with E-state index < -0.39 is 0 Å². The van der Waals surface area contributed by atoms with Crippen LogP contribution in [0.1, 0.15) is 5.56 Å². The van der Waals surface area contributed by atoms with Crippen molar-refractivity contribution in [2.24, 2.45) is 0 Å². The number of nitrogens with zero attached hydrogens (tertiary/aromatic N) is 2. The molecular weight excluding hydrogens is 224 g/mol. The number of rotatable bonds is 2. The fourth-order valence-electron chi connectivity index (χ4n) is 2.13. The van der Waals surface area contributed by atoms with Crippen LogP contribution in [0.3, 0.4) is 0 Å². The van der Waals surface area contributed by atoms with Crippen LogP contribution in [0, 0.1) is 0 Å². The van der Waals surface area contributed by atoms with Gasteiger partial charge in [-0.15, -0.1) is 0 Å². The van der Waals surface area contributed by atoms with E-state index >= 15 is 0 Å². The maximum absolute atomic E-state index is 5.96. The van der Waals surface area contributed by atoms with Crippen molar-refractivity contribution in [3.63, 3.8) is 0 Å². The maximum Gasteiger partial charge on any atom is 0.201 e. The Kier molecular flexibility index (Phi) is 2.41. The quantitative estimate of drug-likeness (QED) is 0.673. The summed E-state index contributed by atoms with van der Waals surface area (Å²) in [6.07, 6.45) is 0. The van der Waals surface area contributed by atoms with Gasteiger partial charge in [0.2, 0.25) is 5.95 Å². The van der Waals surface area contributed by atoms with Gasteiger partial charge in [0.15, 0.2) is 0 Å². The molecule has 0 unspecified atom stereocenters. The molecule has 0 aliphatic heterocycles. The van der Waals surface area contributed by atoms with Crippen molar-refractivity contribution >= 4 is 22.7 Å². The van der Waals surface area contributed by atoms with Crippen molar-refractivity contribution in [1.82, 2.24) is 9.55 Å². The van der Waals surface area contributed by atoms with Gasteiger partial charge in [-0.05, 0) is 29.8 Å². The third-order valence-corrected chi connectivity index (χ3v) is 2.98. The van der Waals surface area contributed by atoms with Crippen molar-refractivity contribution in [2.45, 2.75) is 6.54 Å². The predicted molar refractivity (Wildman–Crippen MR) is 74.1 cm³/mol. The molecule has 1 aromatic heterocycles. The number of benzene rings is 2. The van der Waals surface area contributed by atoms with E-state index in [0.29, 0.717) is 12.5 Å². The van der Waals surface area contributed by atoms with Gasteiger partial charge in [-0.1, -0.05) is 24.3 Å². The average Bonchev–Trinajstić information content (AvgIpc) is 2.66. The van der Waals surface area contributed by atoms with Crippen molar-refractivity contribution < 1.29 is 0 Å². The number of hydrogen-bond acceptors (Lipinski definition) is 3. The zero-order chi connectivity index (χ0) is 12.5. The van der Waals surface area contributed by atoms with E-state index in [9.17, 15) is 0 Å². The van der Waals surface area contributed by atoms with Crippen molar-refractivity contribution in [3.8, 4) is 0 Å². The number of nitrogens with two attached hydrogens (primary N) is 2. The highest BCUT2D eigenvalue weighted by Crippen LogP contribution is 2.19. The zero-order valence-corrected chi connectivity index (χ0v) is 9.88. The topological polar surface area (TPSA) is 69.9 Å². The van der Waals surface area contributed by atoms with Crippen LogP contribution in [0.4, 0.5) is 11.6 Å². The Morgan fingerprint density at radius 2 is 1.83 bits per heavy atom. The molecule has 0 amide bonds. The lowest BCUT2D eigenvalue weighted by Crippen LogP contribution is -2.04. The van der Waals surface area contributed by atoms with Crippen LogP contribution >= 0.6 is 0 Å². The summed E-state index contributed by atoms with van der Waals surface area (Å²) in [6, 6.07) is 15.7. The largest absolute Gasteiger partial charge is 0.399 e. The number of fused-ring (bicyclic) bond motifs is 1. The third kappa shape index (κ3) is 1.78. The Bertz CT molecular complexity index is 700. The minimum atomic E-state index is 0.527. The van der Waals surface area contributed by atoms with Crippen LogP contribution in [-0.4, -0.2) is 9.55 Å². The summed E-state index contributed by atoms with van der Waals surface area (Å²) in [5.41, 5.74) is 15.6. The Hall–Kier alpha value is -2.49. The lowest BCUT2D eigenvalue weighted by Gasteiger charge is -2.07. The molecule has 0 atom stereocenters. The molecule has 0 radical (unpaired) electrons. The third-order valence-electron chi connectivity index (χ3n) is 2.98. The van der Waals surface area contributed by atoms with E-state index in [2.05, 4.69) is 4.98 Å². The molecule has 0 spiro atoms. The summed E-state index contributed by atoms with van der Waals surface area (Å²) in [4.78, 5) is 4.34. The first kappa shape index (κ1) is 10.7. The van der Waals surface area contributed by atoms with Gasteiger partial charge in [-0.25, -0.2) is 4.98 Å². The minimum Gasteiger partial charge on any atom is -0.399 e. The van der Waals surface area contributed by atoms with Crippen LogP contribution in [0.5, 0.6) is 0 Å². The van der Waals surface area contributed by atoms with Gasteiger partial charge < -0.3 is 16.0 Å². The fourth-order valence-corrected chi connectivity index (χ4v) is 2.13. The van der Waals surface area contributed by atoms with E-state index in [1.54, 1.807) is 0 Å². The number of hydrogen-bond donors (Lipinski definition) is 2. The number of aromatic nitrogens is 2. The standard InChI is InChI=1S/C14H14N4/c15-11-5-3-4-10(8-11)9-18-13-7-2-1-6-12(13)17-14(18)16/h1-8H,9,15H2,(H2,16,17). The van der Waals surface area contributed by atoms with Gasteiger partial charge in [0, 0.05) is 5.69 Å². The highest BCUT2D eigenvalue weighted by atomic mass is 15.1. The second kappa shape index (κ2) is 4.07. The van der Waals surface area contributed by atoms with Gasteiger partial charge in [-0.3, -0.25) is 0 Å². The summed E-state index contributed by atoms with van der Waals surface area (Å²) >= 11 is 0. The summed E-state index contributed by atoms with van der Waals surface area (Å²) in [5, 5.41) is 0. The summed E-state index contributed by atoms with van der Waals surface area (Å²) in [6.45, 7) is 0.678. The first-order valence-corrected chi connectivity index (χ1v) is 5.79. The average molecular weight is 238 g/mol. The van der Waals surface area contributed by atoms with Gasteiger partial charge in [0.05, 0.1) is 17.6 Å². The van der Waals surface area contributed by atoms with Gasteiger partial charge >= 0.3 is 0 Å². The summed E-state index contributed by atoms with van der Waals surface area (Å²) < 4.78 is 1.99. The van der Waals surface area contributed by atoms with Gasteiger partial charge in [0.25, 0.3) is 0 Å². The summed E-state index contributed by atoms with van der Waals surface area (Å²) in [7, 11) is 0. The maximum atomic E-state index is 5.96. The van der Waals surface area contributed by atoms with Gasteiger partial charge in [-0.2, -0.15) is 0 Å². The van der Waals surface area contributed by atoms with Crippen LogP contribution in [0.2, 0.25) is 0 Å². The van der Waals surface area contributed by atoms with E-state index in [4.69, 9.17) is 11.5 Å². The molecule has 90 valence electrons. The van der Waals surface area contributed by atoms with Crippen LogP contribution < -0.4 is 11.5 Å². The monoisotopic (exact) mass is 238 g/mol. The molecular formula is C14H14N4. The minimum absolute atomic E-state index is 0.527. The van der Waals surface area contributed by atoms with Gasteiger partial charge in [0.1, 0.15) is 0 Å². The predicted octanol–water partition coefficient (Wildman–Crippen LogP) is 2.25. The Morgan fingerprint density at radius 3 is 2.67 bits per heavy atom. The SMILES string of the molecule is Nc1cccc(Cn2c(N)nc3ccccc32)c1. The smallest absolute Gasteiger partial charge is 0.201 e. The summed E-state index contributed by atoms with van der Waals surface area (Å²) in [5.74, 6) is 0.527. The van der Waals surface area contributed by atoms with Crippen molar-refractivity contribution in [3.05, 3.63) is 54.1 Å². The Labute approximate surface area is 105 Å². The van der Waals surface area contributed by atoms with Crippen LogP contribution in [0.25, 0.3) is 11.0 Å². The number of nitrogen functional groups attached to an aromatic ring is 2. The molecule has 0 saturated carbocycles. The number of imidazole rings is 1. The van der Waals surface area contributed by atoms with Crippen molar-refractivity contribution in [2.75, 3.05) is 11.5 Å². The van der Waals surface area contributed by atoms with Crippen LogP contribution in [-0.2, 0) is 6.54 Å². The highest BCUT2D eigenvalue weighted by Gasteiger charge is 2.07. The first-order valence-electron chi connectivity index (χ1n) is 5.79. The fraction of sp³-hybridized carbons (Fsp3) is 0.0714. The lowest BCUT2D eigenvalue weighted by atomic mass is 10.2.